The lowest BCUT2D eigenvalue weighted by molar-refractivity contribution is 0.0674. The fraction of sp³-hybridized carbons (Fsp3) is 0.667. The van der Waals surface area contributed by atoms with Crippen molar-refractivity contribution in [2.45, 2.75) is 19.8 Å². The Bertz CT molecular complexity index is 401. The van der Waals surface area contributed by atoms with Crippen molar-refractivity contribution >= 4 is 29.9 Å². The highest BCUT2D eigenvalue weighted by Crippen LogP contribution is 2.05. The molecule has 0 aliphatic carbocycles. The topological polar surface area (TPSA) is 79.5 Å². The maximum atomic E-state index is 5.94. The molecule has 0 spiro atoms. The Balaban J connectivity index is 0.00000180. The Morgan fingerprint density at radius 1 is 1.53 bits per heavy atom. The van der Waals surface area contributed by atoms with Crippen LogP contribution in [0.25, 0.3) is 0 Å². The van der Waals surface area contributed by atoms with Gasteiger partial charge < -0.3 is 15.4 Å². The summed E-state index contributed by atoms with van der Waals surface area (Å²) >= 11 is 0. The molecule has 0 unspecified atom stereocenters. The summed E-state index contributed by atoms with van der Waals surface area (Å²) < 4.78 is 5.28. The van der Waals surface area contributed by atoms with Crippen LogP contribution in [0.1, 0.15) is 17.7 Å². The number of nitrogens with two attached hydrogens (primary N) is 1. The number of aliphatic imine (C=N–C) groups is 1. The number of H-pyrrole nitrogens is 1. The van der Waals surface area contributed by atoms with Crippen LogP contribution in [0.4, 0.5) is 0 Å². The van der Waals surface area contributed by atoms with E-state index in [0.717, 1.165) is 51.4 Å². The minimum atomic E-state index is 0. The molecule has 1 saturated heterocycles. The highest BCUT2D eigenvalue weighted by molar-refractivity contribution is 14.0. The van der Waals surface area contributed by atoms with E-state index in [1.807, 2.05) is 13.1 Å². The number of aryl methyl sites for hydroxylation is 2. The van der Waals surface area contributed by atoms with Gasteiger partial charge in [0.1, 0.15) is 0 Å². The van der Waals surface area contributed by atoms with Crippen LogP contribution >= 0.6 is 24.0 Å². The number of guanidine groups is 1. The molecule has 0 saturated carbocycles. The minimum absolute atomic E-state index is 0. The van der Waals surface area contributed by atoms with Gasteiger partial charge in [-0.25, -0.2) is 0 Å². The van der Waals surface area contributed by atoms with E-state index in [4.69, 9.17) is 10.5 Å². The van der Waals surface area contributed by atoms with Gasteiger partial charge in [-0.2, -0.15) is 5.10 Å². The van der Waals surface area contributed by atoms with Crippen LogP contribution in [0, 0.1) is 6.92 Å². The van der Waals surface area contributed by atoms with E-state index in [1.165, 1.54) is 5.56 Å². The molecule has 0 aromatic carbocycles. The summed E-state index contributed by atoms with van der Waals surface area (Å²) in [5.74, 6) is 0.641. The summed E-state index contributed by atoms with van der Waals surface area (Å²) in [6, 6.07) is 0. The van der Waals surface area contributed by atoms with Gasteiger partial charge in [-0.1, -0.05) is 0 Å². The number of aromatic nitrogens is 2. The number of aromatic amines is 1. The van der Waals surface area contributed by atoms with Crippen molar-refractivity contribution in [3.63, 3.8) is 0 Å². The summed E-state index contributed by atoms with van der Waals surface area (Å²) in [5, 5.41) is 6.94. The van der Waals surface area contributed by atoms with E-state index in [0.29, 0.717) is 5.96 Å². The molecule has 0 atom stereocenters. The van der Waals surface area contributed by atoms with Gasteiger partial charge in [0.25, 0.3) is 0 Å². The van der Waals surface area contributed by atoms with Gasteiger partial charge in [0.2, 0.25) is 0 Å². The molecule has 1 aliphatic heterocycles. The van der Waals surface area contributed by atoms with E-state index in [1.54, 1.807) is 0 Å². The first-order valence-corrected chi connectivity index (χ1v) is 6.39. The van der Waals surface area contributed by atoms with Gasteiger partial charge in [0, 0.05) is 25.3 Å². The molecule has 1 aromatic heterocycles. The Labute approximate surface area is 130 Å². The van der Waals surface area contributed by atoms with Gasteiger partial charge in [-0.3, -0.25) is 10.1 Å². The lowest BCUT2D eigenvalue weighted by Gasteiger charge is -2.27. The molecular formula is C12H22IN5O. The van der Waals surface area contributed by atoms with Crippen LogP contribution in [0.2, 0.25) is 0 Å². The predicted octanol–water partition coefficient (Wildman–Crippen LogP) is 0.916. The highest BCUT2D eigenvalue weighted by atomic mass is 127. The highest BCUT2D eigenvalue weighted by Gasteiger charge is 2.11. The number of hydrogen-bond acceptors (Lipinski definition) is 3. The molecule has 0 radical (unpaired) electrons. The number of halogens is 1. The maximum absolute atomic E-state index is 5.94. The van der Waals surface area contributed by atoms with Crippen molar-refractivity contribution < 1.29 is 4.74 Å². The summed E-state index contributed by atoms with van der Waals surface area (Å²) in [4.78, 5) is 6.49. The summed E-state index contributed by atoms with van der Waals surface area (Å²) in [6.45, 7) is 5.96. The van der Waals surface area contributed by atoms with E-state index >= 15 is 0 Å². The van der Waals surface area contributed by atoms with E-state index in [2.05, 4.69) is 20.1 Å². The molecule has 7 heteroatoms. The average molecular weight is 379 g/mol. The minimum Gasteiger partial charge on any atom is -0.378 e. The molecule has 3 N–H and O–H groups in total. The van der Waals surface area contributed by atoms with Crippen LogP contribution in [-0.4, -0.2) is 53.9 Å². The van der Waals surface area contributed by atoms with Crippen molar-refractivity contribution in [2.24, 2.45) is 10.7 Å². The smallest absolute Gasteiger partial charge is 0.191 e. The second-order valence-corrected chi connectivity index (χ2v) is 4.46. The van der Waals surface area contributed by atoms with Crippen molar-refractivity contribution in [1.29, 1.82) is 0 Å². The van der Waals surface area contributed by atoms with Gasteiger partial charge in [-0.05, 0) is 25.3 Å². The summed E-state index contributed by atoms with van der Waals surface area (Å²) in [6.07, 6.45) is 3.86. The lowest BCUT2D eigenvalue weighted by atomic mass is 10.1. The molecule has 2 heterocycles. The monoisotopic (exact) mass is 379 g/mol. The Morgan fingerprint density at radius 2 is 2.26 bits per heavy atom. The zero-order valence-electron chi connectivity index (χ0n) is 11.3. The summed E-state index contributed by atoms with van der Waals surface area (Å²) in [5.41, 5.74) is 8.34. The Morgan fingerprint density at radius 3 is 2.89 bits per heavy atom. The summed E-state index contributed by atoms with van der Waals surface area (Å²) in [7, 11) is 0. The molecule has 108 valence electrons. The van der Waals surface area contributed by atoms with E-state index < -0.39 is 0 Å². The molecular weight excluding hydrogens is 357 g/mol. The van der Waals surface area contributed by atoms with Crippen LogP contribution < -0.4 is 5.73 Å². The zero-order chi connectivity index (χ0) is 12.8. The molecule has 1 aliphatic rings. The van der Waals surface area contributed by atoms with E-state index in [9.17, 15) is 0 Å². The fourth-order valence-corrected chi connectivity index (χ4v) is 1.98. The van der Waals surface area contributed by atoms with Crippen molar-refractivity contribution in [3.05, 3.63) is 17.5 Å². The van der Waals surface area contributed by atoms with Crippen LogP contribution in [0.5, 0.6) is 0 Å². The first kappa shape index (κ1) is 16.2. The third-order valence-electron chi connectivity index (χ3n) is 3.15. The molecule has 0 bridgehead atoms. The third-order valence-corrected chi connectivity index (χ3v) is 3.15. The number of nitrogens with one attached hydrogen (secondary N) is 1. The van der Waals surface area contributed by atoms with Gasteiger partial charge >= 0.3 is 0 Å². The maximum Gasteiger partial charge on any atom is 0.191 e. The second-order valence-electron chi connectivity index (χ2n) is 4.46. The number of ether oxygens (including phenoxy) is 1. The fourth-order valence-electron chi connectivity index (χ4n) is 1.98. The van der Waals surface area contributed by atoms with Crippen LogP contribution in [0.15, 0.2) is 11.2 Å². The number of hydrogen-bond donors (Lipinski definition) is 2. The molecule has 19 heavy (non-hydrogen) atoms. The first-order chi connectivity index (χ1) is 8.77. The Hall–Kier alpha value is -0.830. The largest absolute Gasteiger partial charge is 0.378 e. The zero-order valence-corrected chi connectivity index (χ0v) is 13.6. The molecule has 2 rings (SSSR count). The molecule has 0 amide bonds. The van der Waals surface area contributed by atoms with Crippen LogP contribution in [-0.2, 0) is 11.2 Å². The molecule has 1 aromatic rings. The number of morpholine rings is 1. The van der Waals surface area contributed by atoms with Crippen LogP contribution in [0.3, 0.4) is 0 Å². The van der Waals surface area contributed by atoms with Gasteiger partial charge in [0.15, 0.2) is 5.96 Å². The van der Waals surface area contributed by atoms with Gasteiger partial charge in [-0.15, -0.1) is 24.0 Å². The average Bonchev–Trinajstić information content (AvgIpc) is 2.81. The predicted molar refractivity (Wildman–Crippen MR) is 85.9 cm³/mol. The molecule has 1 fully saturated rings. The third kappa shape index (κ3) is 4.98. The van der Waals surface area contributed by atoms with E-state index in [-0.39, 0.29) is 24.0 Å². The van der Waals surface area contributed by atoms with Gasteiger partial charge in [0.05, 0.1) is 19.4 Å². The van der Waals surface area contributed by atoms with Crippen molar-refractivity contribution in [3.8, 4) is 0 Å². The van der Waals surface area contributed by atoms with Crippen molar-refractivity contribution in [2.75, 3.05) is 32.8 Å². The SMILES string of the molecule is Cc1[nH]ncc1CCCN=C(N)N1CCOCC1.I. The second kappa shape index (κ2) is 8.36. The number of nitrogens with zero attached hydrogens (tertiary/aromatic N) is 3. The lowest BCUT2D eigenvalue weighted by Crippen LogP contribution is -2.44. The standard InChI is InChI=1S/C12H21N5O.HI/c1-10-11(9-15-16-10)3-2-4-14-12(13)17-5-7-18-8-6-17;/h9H,2-8H2,1H3,(H2,13,14)(H,15,16);1H. The first-order valence-electron chi connectivity index (χ1n) is 6.39. The van der Waals surface area contributed by atoms with Crippen molar-refractivity contribution in [1.82, 2.24) is 15.1 Å². The normalized spacial score (nSPS) is 16.3. The molecule has 6 nitrogen and oxygen atoms in total. The quantitative estimate of drug-likeness (QED) is 0.353. The Kier molecular flexibility index (Phi) is 7.14. The number of rotatable bonds is 4.